The van der Waals surface area contributed by atoms with Crippen LogP contribution in [0.1, 0.15) is 24.0 Å². The highest BCUT2D eigenvalue weighted by atomic mass is 16.4. The van der Waals surface area contributed by atoms with Crippen LogP contribution < -0.4 is 0 Å². The minimum Gasteiger partial charge on any atom is -0.465 e. The van der Waals surface area contributed by atoms with Gasteiger partial charge in [-0.15, -0.1) is 0 Å². The summed E-state index contributed by atoms with van der Waals surface area (Å²) < 4.78 is 0. The number of hydrogen-bond donors (Lipinski definition) is 2. The number of aliphatic hydroxyl groups is 1. The molecule has 1 atom stereocenters. The molecule has 1 aliphatic rings. The minimum atomic E-state index is -1.15. The molecule has 29 heavy (non-hydrogen) atoms. The fourth-order valence-corrected chi connectivity index (χ4v) is 4.37. The van der Waals surface area contributed by atoms with Crippen molar-refractivity contribution in [1.29, 1.82) is 0 Å². The van der Waals surface area contributed by atoms with E-state index in [0.29, 0.717) is 25.9 Å². The van der Waals surface area contributed by atoms with Crippen molar-refractivity contribution in [2.24, 2.45) is 5.92 Å². The molecule has 1 fully saturated rings. The Labute approximate surface area is 171 Å². The lowest BCUT2D eigenvalue weighted by atomic mass is 9.72. The summed E-state index contributed by atoms with van der Waals surface area (Å²) in [6.45, 7) is 0.883. The van der Waals surface area contributed by atoms with Crippen LogP contribution in [-0.2, 0) is 5.60 Å². The normalized spacial score (nSPS) is 16.9. The molecule has 1 unspecified atom stereocenters. The molecule has 4 heteroatoms. The van der Waals surface area contributed by atoms with Gasteiger partial charge in [0.2, 0.25) is 0 Å². The van der Waals surface area contributed by atoms with Gasteiger partial charge in [0, 0.05) is 13.1 Å². The Hall–Kier alpha value is -3.11. The molecule has 0 saturated carbocycles. The average Bonchev–Trinajstić information content (AvgIpc) is 2.80. The van der Waals surface area contributed by atoms with E-state index in [4.69, 9.17) is 0 Å². The molecule has 1 amide bonds. The minimum absolute atomic E-state index is 0.0527. The number of rotatable bonds is 4. The zero-order valence-electron chi connectivity index (χ0n) is 16.2. The molecule has 4 nitrogen and oxygen atoms in total. The Morgan fingerprint density at radius 2 is 1.24 bits per heavy atom. The van der Waals surface area contributed by atoms with Crippen molar-refractivity contribution in [3.8, 4) is 11.1 Å². The van der Waals surface area contributed by atoms with Gasteiger partial charge in [-0.05, 0) is 41.0 Å². The van der Waals surface area contributed by atoms with Gasteiger partial charge >= 0.3 is 6.09 Å². The third kappa shape index (κ3) is 3.76. The topological polar surface area (TPSA) is 60.8 Å². The van der Waals surface area contributed by atoms with Crippen LogP contribution in [0.25, 0.3) is 11.1 Å². The zero-order chi connectivity index (χ0) is 20.3. The maximum Gasteiger partial charge on any atom is 0.407 e. The largest absolute Gasteiger partial charge is 0.465 e. The fraction of sp³-hybridized carbons (Fsp3) is 0.240. The third-order valence-electron chi connectivity index (χ3n) is 6.00. The van der Waals surface area contributed by atoms with Gasteiger partial charge in [-0.3, -0.25) is 0 Å². The summed E-state index contributed by atoms with van der Waals surface area (Å²) in [7, 11) is 0. The highest BCUT2D eigenvalue weighted by molar-refractivity contribution is 5.65. The molecule has 0 spiro atoms. The van der Waals surface area contributed by atoms with Gasteiger partial charge in [-0.2, -0.15) is 0 Å². The molecule has 0 radical (unpaired) electrons. The second-order valence-corrected chi connectivity index (χ2v) is 7.62. The van der Waals surface area contributed by atoms with Crippen molar-refractivity contribution in [3.63, 3.8) is 0 Å². The monoisotopic (exact) mass is 387 g/mol. The van der Waals surface area contributed by atoms with Crippen molar-refractivity contribution >= 4 is 6.09 Å². The second-order valence-electron chi connectivity index (χ2n) is 7.62. The number of carbonyl (C=O) groups is 1. The predicted molar refractivity (Wildman–Crippen MR) is 114 cm³/mol. The van der Waals surface area contributed by atoms with Gasteiger partial charge < -0.3 is 15.1 Å². The van der Waals surface area contributed by atoms with E-state index in [1.54, 1.807) is 0 Å². The van der Waals surface area contributed by atoms with Crippen LogP contribution >= 0.6 is 0 Å². The smallest absolute Gasteiger partial charge is 0.407 e. The number of hydrogen-bond acceptors (Lipinski definition) is 2. The second kappa shape index (κ2) is 8.10. The molecule has 3 aromatic rings. The molecule has 4 rings (SSSR count). The highest BCUT2D eigenvalue weighted by Crippen LogP contribution is 2.42. The number of benzene rings is 3. The summed E-state index contributed by atoms with van der Waals surface area (Å²) in [5.41, 5.74) is 2.78. The third-order valence-corrected chi connectivity index (χ3v) is 6.00. The maximum absolute atomic E-state index is 12.0. The van der Waals surface area contributed by atoms with E-state index in [1.165, 1.54) is 4.90 Å². The fourth-order valence-electron chi connectivity index (χ4n) is 4.37. The lowest BCUT2D eigenvalue weighted by Gasteiger charge is -2.41. The van der Waals surface area contributed by atoms with Crippen LogP contribution in [0.5, 0.6) is 0 Å². The Bertz CT molecular complexity index is 948. The molecule has 0 bridgehead atoms. The summed E-state index contributed by atoms with van der Waals surface area (Å²) in [6.07, 6.45) is 0.356. The summed E-state index contributed by atoms with van der Waals surface area (Å²) in [5, 5.41) is 21.3. The van der Waals surface area contributed by atoms with E-state index in [-0.39, 0.29) is 5.92 Å². The summed E-state index contributed by atoms with van der Waals surface area (Å²) in [4.78, 5) is 12.7. The van der Waals surface area contributed by atoms with Gasteiger partial charge in [0.15, 0.2) is 0 Å². The summed E-state index contributed by atoms with van der Waals surface area (Å²) >= 11 is 0. The zero-order valence-corrected chi connectivity index (χ0v) is 16.2. The van der Waals surface area contributed by atoms with Gasteiger partial charge in [-0.1, -0.05) is 84.9 Å². The number of likely N-dealkylation sites (tertiary alicyclic amines) is 1. The van der Waals surface area contributed by atoms with E-state index < -0.39 is 11.7 Å². The van der Waals surface area contributed by atoms with Crippen LogP contribution in [0.4, 0.5) is 4.79 Å². The first-order valence-corrected chi connectivity index (χ1v) is 10.0. The molecule has 1 saturated heterocycles. The molecule has 0 aliphatic carbocycles. The maximum atomic E-state index is 12.0. The molecular weight excluding hydrogens is 362 g/mol. The molecule has 1 heterocycles. The lowest BCUT2D eigenvalue weighted by Crippen LogP contribution is -2.45. The molecule has 0 aromatic heterocycles. The van der Waals surface area contributed by atoms with Gasteiger partial charge in [0.25, 0.3) is 0 Å². The SMILES string of the molecule is O=C(O)N1CCC(C(O)(c2ccccc2)c2ccc(-c3ccccc3)cc2)CC1. The van der Waals surface area contributed by atoms with Crippen molar-refractivity contribution in [2.75, 3.05) is 13.1 Å². The Morgan fingerprint density at radius 3 is 1.79 bits per heavy atom. The van der Waals surface area contributed by atoms with E-state index >= 15 is 0 Å². The van der Waals surface area contributed by atoms with E-state index in [2.05, 4.69) is 12.1 Å². The van der Waals surface area contributed by atoms with Crippen LogP contribution in [0.2, 0.25) is 0 Å². The van der Waals surface area contributed by atoms with Gasteiger partial charge in [0.1, 0.15) is 5.60 Å². The van der Waals surface area contributed by atoms with E-state index in [0.717, 1.165) is 22.3 Å². The molecule has 3 aromatic carbocycles. The van der Waals surface area contributed by atoms with Crippen molar-refractivity contribution < 1.29 is 15.0 Å². The van der Waals surface area contributed by atoms with Crippen molar-refractivity contribution in [1.82, 2.24) is 4.90 Å². The Balaban J connectivity index is 1.69. The molecular formula is C25H25NO3. The van der Waals surface area contributed by atoms with Crippen LogP contribution in [-0.4, -0.2) is 34.3 Å². The van der Waals surface area contributed by atoms with Crippen LogP contribution in [0, 0.1) is 5.92 Å². The molecule has 2 N–H and O–H groups in total. The summed E-state index contributed by atoms with van der Waals surface area (Å²) in [5.74, 6) is -0.0527. The first-order valence-electron chi connectivity index (χ1n) is 10.0. The molecule has 1 aliphatic heterocycles. The lowest BCUT2D eigenvalue weighted by molar-refractivity contribution is -0.0121. The average molecular weight is 387 g/mol. The van der Waals surface area contributed by atoms with Crippen LogP contribution in [0.3, 0.4) is 0 Å². The van der Waals surface area contributed by atoms with Gasteiger partial charge in [-0.25, -0.2) is 4.79 Å². The first-order chi connectivity index (χ1) is 14.1. The van der Waals surface area contributed by atoms with E-state index in [1.807, 2.05) is 72.8 Å². The number of carboxylic acid groups (broad SMARTS) is 1. The predicted octanol–water partition coefficient (Wildman–Crippen LogP) is 4.98. The van der Waals surface area contributed by atoms with E-state index in [9.17, 15) is 15.0 Å². The Kier molecular flexibility index (Phi) is 5.36. The van der Waals surface area contributed by atoms with Crippen molar-refractivity contribution in [2.45, 2.75) is 18.4 Å². The Morgan fingerprint density at radius 1 is 0.759 bits per heavy atom. The van der Waals surface area contributed by atoms with Gasteiger partial charge in [0.05, 0.1) is 0 Å². The first kappa shape index (κ1) is 19.2. The summed E-state index contributed by atoms with van der Waals surface area (Å²) in [6, 6.07) is 28.0. The standard InChI is InChI=1S/C25H25NO3/c27-24(28)26-17-15-23(16-18-26)25(29,21-9-5-2-6-10-21)22-13-11-20(12-14-22)19-7-3-1-4-8-19/h1-14,23,29H,15-18H2,(H,27,28). The van der Waals surface area contributed by atoms with Crippen molar-refractivity contribution in [3.05, 3.63) is 96.1 Å². The number of piperidine rings is 1. The quantitative estimate of drug-likeness (QED) is 0.664. The van der Waals surface area contributed by atoms with Crippen LogP contribution in [0.15, 0.2) is 84.9 Å². The number of nitrogens with zero attached hydrogens (tertiary/aromatic N) is 1. The number of amides is 1. The molecule has 148 valence electrons. The highest BCUT2D eigenvalue weighted by Gasteiger charge is 2.42.